The number of aryl methyl sites for hydroxylation is 1. The molecule has 1 radical (unpaired) electrons. The molecule has 0 saturated carbocycles. The predicted octanol–water partition coefficient (Wildman–Crippen LogP) is 3.32. The molecule has 1 aliphatic rings. The third-order valence-electron chi connectivity index (χ3n) is 3.91. The van der Waals surface area contributed by atoms with E-state index < -0.39 is 0 Å². The minimum absolute atomic E-state index is 1.09. The van der Waals surface area contributed by atoms with Crippen molar-refractivity contribution in [1.29, 1.82) is 0 Å². The number of likely N-dealkylation sites (tertiary alicyclic amines) is 1. The molecule has 0 amide bonds. The molecule has 18 heavy (non-hydrogen) atoms. The maximum Gasteiger partial charge on any atom is 0.0659 e. The fourth-order valence-corrected chi connectivity index (χ4v) is 2.89. The van der Waals surface area contributed by atoms with Gasteiger partial charge in [-0.1, -0.05) is 24.6 Å². The monoisotopic (exact) mass is 241 g/mol. The van der Waals surface area contributed by atoms with Gasteiger partial charge in [0.25, 0.3) is 0 Å². The highest BCUT2D eigenvalue weighted by Crippen LogP contribution is 2.15. The van der Waals surface area contributed by atoms with Crippen molar-refractivity contribution in [3.63, 3.8) is 0 Å². The number of piperidine rings is 1. The van der Waals surface area contributed by atoms with Gasteiger partial charge in [0.05, 0.1) is 6.20 Å². The lowest BCUT2D eigenvalue weighted by molar-refractivity contribution is 0.223. The fraction of sp³-hybridized carbons (Fsp3) is 0.500. The highest BCUT2D eigenvalue weighted by Gasteiger charge is 2.09. The first-order chi connectivity index (χ1) is 8.93. The molecule has 0 aliphatic carbocycles. The van der Waals surface area contributed by atoms with E-state index in [9.17, 15) is 0 Å². The highest BCUT2D eigenvalue weighted by molar-refractivity contribution is 5.79. The highest BCUT2D eigenvalue weighted by atomic mass is 15.1. The van der Waals surface area contributed by atoms with Gasteiger partial charge in [-0.3, -0.25) is 0 Å². The number of rotatable bonds is 4. The van der Waals surface area contributed by atoms with Crippen LogP contribution in [0, 0.1) is 6.20 Å². The second-order valence-corrected chi connectivity index (χ2v) is 5.24. The third-order valence-corrected chi connectivity index (χ3v) is 3.91. The maximum atomic E-state index is 3.35. The Labute approximate surface area is 109 Å². The van der Waals surface area contributed by atoms with Crippen LogP contribution in [0.3, 0.4) is 0 Å². The van der Waals surface area contributed by atoms with E-state index in [0.717, 1.165) is 6.54 Å². The van der Waals surface area contributed by atoms with Gasteiger partial charge in [0, 0.05) is 17.4 Å². The van der Waals surface area contributed by atoms with Crippen molar-refractivity contribution in [2.45, 2.75) is 32.2 Å². The van der Waals surface area contributed by atoms with Gasteiger partial charge in [-0.25, -0.2) is 0 Å². The largest absolute Gasteiger partial charge is 0.339 e. The van der Waals surface area contributed by atoms with Crippen molar-refractivity contribution in [2.24, 2.45) is 0 Å². The van der Waals surface area contributed by atoms with Crippen molar-refractivity contribution in [1.82, 2.24) is 9.47 Å². The molecule has 2 nitrogen and oxygen atoms in total. The van der Waals surface area contributed by atoms with Crippen LogP contribution < -0.4 is 0 Å². The summed E-state index contributed by atoms with van der Waals surface area (Å²) in [4.78, 5) is 2.61. The van der Waals surface area contributed by atoms with E-state index in [1.54, 1.807) is 0 Å². The van der Waals surface area contributed by atoms with Crippen LogP contribution in [0.15, 0.2) is 30.3 Å². The first-order valence-electron chi connectivity index (χ1n) is 7.12. The fourth-order valence-electron chi connectivity index (χ4n) is 2.89. The summed E-state index contributed by atoms with van der Waals surface area (Å²) in [7, 11) is 0. The topological polar surface area (TPSA) is 8.17 Å². The van der Waals surface area contributed by atoms with E-state index in [2.05, 4.69) is 46.0 Å². The molecule has 0 N–H and O–H groups in total. The van der Waals surface area contributed by atoms with Crippen LogP contribution in [0.4, 0.5) is 0 Å². The summed E-state index contributed by atoms with van der Waals surface area (Å²) in [5.74, 6) is 0. The van der Waals surface area contributed by atoms with E-state index in [1.165, 1.54) is 56.2 Å². The average Bonchev–Trinajstić information content (AvgIpc) is 2.84. The lowest BCUT2D eigenvalue weighted by Crippen LogP contribution is -2.31. The molecule has 2 aromatic rings. The molecule has 1 aromatic carbocycles. The Kier molecular flexibility index (Phi) is 3.65. The van der Waals surface area contributed by atoms with Crippen LogP contribution >= 0.6 is 0 Å². The molecule has 95 valence electrons. The summed E-state index contributed by atoms with van der Waals surface area (Å²) >= 11 is 0. The van der Waals surface area contributed by atoms with Crippen LogP contribution in [-0.4, -0.2) is 29.1 Å². The smallest absolute Gasteiger partial charge is 0.0659 e. The van der Waals surface area contributed by atoms with E-state index in [4.69, 9.17) is 0 Å². The van der Waals surface area contributed by atoms with Gasteiger partial charge in [0.2, 0.25) is 0 Å². The normalized spacial score (nSPS) is 17.3. The van der Waals surface area contributed by atoms with E-state index in [1.807, 2.05) is 0 Å². The average molecular weight is 241 g/mol. The van der Waals surface area contributed by atoms with Crippen LogP contribution in [-0.2, 0) is 6.54 Å². The molecule has 0 spiro atoms. The lowest BCUT2D eigenvalue weighted by Gasteiger charge is -2.26. The summed E-state index contributed by atoms with van der Waals surface area (Å²) in [6.45, 7) is 4.93. The van der Waals surface area contributed by atoms with Gasteiger partial charge in [0.15, 0.2) is 0 Å². The molecule has 1 aromatic heterocycles. The molecular weight excluding hydrogens is 220 g/mol. The minimum Gasteiger partial charge on any atom is -0.339 e. The Morgan fingerprint density at radius 1 is 1.00 bits per heavy atom. The molecule has 3 rings (SSSR count). The van der Waals surface area contributed by atoms with Gasteiger partial charge >= 0.3 is 0 Å². The number of hydrogen-bond donors (Lipinski definition) is 0. The number of nitrogens with zero attached hydrogens (tertiary/aromatic N) is 2. The second-order valence-electron chi connectivity index (χ2n) is 5.24. The van der Waals surface area contributed by atoms with E-state index >= 15 is 0 Å². The van der Waals surface area contributed by atoms with Crippen molar-refractivity contribution < 1.29 is 0 Å². The molecule has 1 fully saturated rings. The number of aromatic nitrogens is 1. The van der Waals surface area contributed by atoms with Crippen LogP contribution in [0.25, 0.3) is 10.9 Å². The first-order valence-corrected chi connectivity index (χ1v) is 7.12. The molecular formula is C16H21N2. The zero-order valence-electron chi connectivity index (χ0n) is 10.9. The quantitative estimate of drug-likeness (QED) is 0.797. The summed E-state index contributed by atoms with van der Waals surface area (Å²) in [5, 5.41) is 1.30. The maximum absolute atomic E-state index is 3.35. The molecule has 2 heterocycles. The molecule has 0 bridgehead atoms. The summed E-state index contributed by atoms with van der Waals surface area (Å²) in [6.07, 6.45) is 8.78. The molecule has 0 atom stereocenters. The van der Waals surface area contributed by atoms with Gasteiger partial charge in [-0.05, 0) is 51.0 Å². The number of hydrogen-bond acceptors (Lipinski definition) is 1. The molecule has 1 aliphatic heterocycles. The Morgan fingerprint density at radius 2 is 1.83 bits per heavy atom. The first kappa shape index (κ1) is 11.8. The third kappa shape index (κ3) is 2.59. The van der Waals surface area contributed by atoms with Crippen molar-refractivity contribution in [3.05, 3.63) is 36.5 Å². The lowest BCUT2D eigenvalue weighted by atomic mass is 10.1. The van der Waals surface area contributed by atoms with Crippen LogP contribution in [0.2, 0.25) is 0 Å². The summed E-state index contributed by atoms with van der Waals surface area (Å²) in [5.41, 5.74) is 1.32. The molecule has 2 heteroatoms. The SMILES string of the molecule is [c]1cc2ccccc2n1CCCN1CCCCC1. The van der Waals surface area contributed by atoms with Crippen LogP contribution in [0.1, 0.15) is 25.7 Å². The van der Waals surface area contributed by atoms with Gasteiger partial charge < -0.3 is 9.47 Å². The van der Waals surface area contributed by atoms with Gasteiger partial charge in [-0.15, -0.1) is 0 Å². The number of fused-ring (bicyclic) bond motifs is 1. The molecule has 0 unspecified atom stereocenters. The van der Waals surface area contributed by atoms with Crippen molar-refractivity contribution >= 4 is 10.9 Å². The Hall–Kier alpha value is -1.28. The zero-order chi connectivity index (χ0) is 12.2. The number of benzene rings is 1. The summed E-state index contributed by atoms with van der Waals surface area (Å²) in [6, 6.07) is 10.6. The van der Waals surface area contributed by atoms with Crippen molar-refractivity contribution in [2.75, 3.05) is 19.6 Å². The molecule has 1 saturated heterocycles. The van der Waals surface area contributed by atoms with Crippen LogP contribution in [0.5, 0.6) is 0 Å². The van der Waals surface area contributed by atoms with Gasteiger partial charge in [0.1, 0.15) is 0 Å². The van der Waals surface area contributed by atoms with Gasteiger partial charge in [-0.2, -0.15) is 0 Å². The van der Waals surface area contributed by atoms with E-state index in [-0.39, 0.29) is 0 Å². The Balaban J connectivity index is 1.56. The zero-order valence-corrected chi connectivity index (χ0v) is 10.9. The Morgan fingerprint density at radius 3 is 2.72 bits per heavy atom. The second kappa shape index (κ2) is 5.57. The number of para-hydroxylation sites is 1. The Bertz CT molecular complexity index is 495. The van der Waals surface area contributed by atoms with Crippen molar-refractivity contribution in [3.8, 4) is 0 Å². The summed E-state index contributed by atoms with van der Waals surface area (Å²) < 4.78 is 2.26. The van der Waals surface area contributed by atoms with E-state index in [0.29, 0.717) is 0 Å². The minimum atomic E-state index is 1.09. The standard InChI is InChI=1S/C16H21N2/c1-4-10-17(11-5-1)12-6-13-18-14-9-15-7-2-3-8-16(15)18/h2-3,7-9H,1,4-6,10-13H2. The predicted molar refractivity (Wildman–Crippen MR) is 75.7 cm³/mol.